The zero-order valence-electron chi connectivity index (χ0n) is 12.6. The Morgan fingerprint density at radius 2 is 2.33 bits per heavy atom. The Kier molecular flexibility index (Phi) is 4.42. The number of ether oxygens (including phenoxy) is 1. The smallest absolute Gasteiger partial charge is 0.101 e. The van der Waals surface area contributed by atoms with Crippen molar-refractivity contribution in [2.75, 3.05) is 31.7 Å². The van der Waals surface area contributed by atoms with E-state index in [0.29, 0.717) is 12.6 Å². The van der Waals surface area contributed by atoms with Crippen LogP contribution in [-0.4, -0.2) is 32.8 Å². The van der Waals surface area contributed by atoms with Gasteiger partial charge < -0.3 is 15.0 Å². The normalized spacial score (nSPS) is 23.5. The van der Waals surface area contributed by atoms with E-state index < -0.39 is 0 Å². The minimum atomic E-state index is 0.660. The van der Waals surface area contributed by atoms with Crippen molar-refractivity contribution in [3.8, 4) is 6.07 Å². The molecule has 0 radical (unpaired) electrons. The lowest BCUT2D eigenvalue weighted by molar-refractivity contribution is 0.199. The Hall–Kier alpha value is -1.57. The Morgan fingerprint density at radius 3 is 3.00 bits per heavy atom. The molecule has 1 aliphatic carbocycles. The summed E-state index contributed by atoms with van der Waals surface area (Å²) in [6.45, 7) is 3.45. The zero-order valence-corrected chi connectivity index (χ0v) is 12.6. The first-order chi connectivity index (χ1) is 10.3. The molecule has 1 saturated heterocycles. The first kappa shape index (κ1) is 14.4. The third-order valence-electron chi connectivity index (χ3n) is 4.71. The zero-order chi connectivity index (χ0) is 14.7. The summed E-state index contributed by atoms with van der Waals surface area (Å²) in [7, 11) is 1.70. The molecule has 2 bridgehead atoms. The minimum absolute atomic E-state index is 0.660. The lowest BCUT2D eigenvalue weighted by Crippen LogP contribution is -2.32. The summed E-state index contributed by atoms with van der Waals surface area (Å²) >= 11 is 0. The predicted octanol–water partition coefficient (Wildman–Crippen LogP) is 2.28. The number of fused-ring (bicyclic) bond motifs is 2. The van der Waals surface area contributed by atoms with Gasteiger partial charge in [0.2, 0.25) is 0 Å². The van der Waals surface area contributed by atoms with E-state index in [1.54, 1.807) is 7.11 Å². The fraction of sp³-hybridized carbons (Fsp3) is 0.588. The first-order valence-corrected chi connectivity index (χ1v) is 7.81. The molecule has 21 heavy (non-hydrogen) atoms. The number of benzene rings is 1. The Bertz CT molecular complexity index is 537. The quantitative estimate of drug-likeness (QED) is 0.815. The molecule has 4 heteroatoms. The predicted molar refractivity (Wildman–Crippen MR) is 83.2 cm³/mol. The molecule has 112 valence electrons. The van der Waals surface area contributed by atoms with Gasteiger partial charge in [-0.25, -0.2) is 0 Å². The van der Waals surface area contributed by atoms with Crippen LogP contribution in [-0.2, 0) is 11.3 Å². The average Bonchev–Trinajstić information content (AvgIpc) is 3.14. The summed E-state index contributed by atoms with van der Waals surface area (Å²) in [6.07, 6.45) is 3.96. The number of nitrogens with zero attached hydrogens (tertiary/aromatic N) is 2. The molecule has 1 aromatic rings. The van der Waals surface area contributed by atoms with Gasteiger partial charge in [0.1, 0.15) is 6.07 Å². The molecule has 3 rings (SSSR count). The van der Waals surface area contributed by atoms with Crippen LogP contribution in [0, 0.1) is 17.2 Å². The van der Waals surface area contributed by atoms with Crippen molar-refractivity contribution in [2.45, 2.75) is 31.8 Å². The number of anilines is 1. The number of nitrogens with one attached hydrogen (secondary N) is 1. The molecule has 2 aliphatic rings. The molecule has 2 atom stereocenters. The van der Waals surface area contributed by atoms with Crippen molar-refractivity contribution < 1.29 is 4.74 Å². The monoisotopic (exact) mass is 285 g/mol. The SMILES string of the molecule is COCCNCc1ccc(N2CC3CCC2C3)c(C#N)c1. The van der Waals surface area contributed by atoms with Crippen molar-refractivity contribution in [2.24, 2.45) is 5.92 Å². The lowest BCUT2D eigenvalue weighted by atomic mass is 10.1. The van der Waals surface area contributed by atoms with E-state index >= 15 is 0 Å². The molecule has 0 aromatic heterocycles. The molecule has 1 heterocycles. The minimum Gasteiger partial charge on any atom is -0.383 e. The van der Waals surface area contributed by atoms with E-state index in [2.05, 4.69) is 28.4 Å². The van der Waals surface area contributed by atoms with Crippen molar-refractivity contribution in [3.63, 3.8) is 0 Å². The van der Waals surface area contributed by atoms with Crippen LogP contribution < -0.4 is 10.2 Å². The molecule has 1 saturated carbocycles. The standard InChI is InChI=1S/C17H23N3O/c1-21-7-6-19-11-13-3-5-17(15(8-13)10-18)20-12-14-2-4-16(20)9-14/h3,5,8,14,16,19H,2,4,6-7,9,11-12H2,1H3. The number of nitriles is 1. The fourth-order valence-electron chi connectivity index (χ4n) is 3.66. The number of hydrogen-bond donors (Lipinski definition) is 1. The van der Waals surface area contributed by atoms with Gasteiger partial charge in [0.15, 0.2) is 0 Å². The number of hydrogen-bond acceptors (Lipinski definition) is 4. The van der Waals surface area contributed by atoms with E-state index in [1.165, 1.54) is 19.3 Å². The topological polar surface area (TPSA) is 48.3 Å². The Morgan fingerprint density at radius 1 is 1.43 bits per heavy atom. The molecule has 2 fully saturated rings. The highest BCUT2D eigenvalue weighted by atomic mass is 16.5. The van der Waals surface area contributed by atoms with E-state index in [9.17, 15) is 5.26 Å². The highest BCUT2D eigenvalue weighted by Gasteiger charge is 2.38. The van der Waals surface area contributed by atoms with Crippen LogP contribution in [0.3, 0.4) is 0 Å². The van der Waals surface area contributed by atoms with Crippen LogP contribution in [0.15, 0.2) is 18.2 Å². The van der Waals surface area contributed by atoms with Crippen molar-refractivity contribution in [3.05, 3.63) is 29.3 Å². The van der Waals surface area contributed by atoms with Gasteiger partial charge in [-0.1, -0.05) is 6.07 Å². The highest BCUT2D eigenvalue weighted by Crippen LogP contribution is 2.41. The molecule has 1 aromatic carbocycles. The van der Waals surface area contributed by atoms with Crippen molar-refractivity contribution >= 4 is 5.69 Å². The van der Waals surface area contributed by atoms with Crippen LogP contribution in [0.2, 0.25) is 0 Å². The van der Waals surface area contributed by atoms with Gasteiger partial charge in [0, 0.05) is 32.8 Å². The van der Waals surface area contributed by atoms with E-state index in [4.69, 9.17) is 4.74 Å². The van der Waals surface area contributed by atoms with Crippen LogP contribution in [0.5, 0.6) is 0 Å². The molecule has 0 amide bonds. The van der Waals surface area contributed by atoms with Crippen LogP contribution >= 0.6 is 0 Å². The van der Waals surface area contributed by atoms with Crippen LogP contribution in [0.1, 0.15) is 30.4 Å². The highest BCUT2D eigenvalue weighted by molar-refractivity contribution is 5.62. The summed E-state index contributed by atoms with van der Waals surface area (Å²) in [6, 6.07) is 9.34. The molecular weight excluding hydrogens is 262 g/mol. The maximum atomic E-state index is 9.47. The van der Waals surface area contributed by atoms with E-state index in [-0.39, 0.29) is 0 Å². The number of rotatable bonds is 6. The average molecular weight is 285 g/mol. The first-order valence-electron chi connectivity index (χ1n) is 7.81. The second-order valence-electron chi connectivity index (χ2n) is 6.12. The van der Waals surface area contributed by atoms with E-state index in [1.807, 2.05) is 6.07 Å². The Balaban J connectivity index is 1.69. The van der Waals surface area contributed by atoms with Gasteiger partial charge in [-0.3, -0.25) is 0 Å². The summed E-state index contributed by atoms with van der Waals surface area (Å²) in [5.74, 6) is 0.844. The van der Waals surface area contributed by atoms with Gasteiger partial charge in [-0.05, 0) is 42.9 Å². The number of methoxy groups -OCH3 is 1. The molecule has 4 nitrogen and oxygen atoms in total. The molecular formula is C17H23N3O. The molecule has 1 aliphatic heterocycles. The summed E-state index contributed by atoms with van der Waals surface area (Å²) < 4.78 is 5.02. The fourth-order valence-corrected chi connectivity index (χ4v) is 3.66. The maximum absolute atomic E-state index is 9.47. The summed E-state index contributed by atoms with van der Waals surface area (Å²) in [4.78, 5) is 2.45. The molecule has 2 unspecified atom stereocenters. The van der Waals surface area contributed by atoms with Gasteiger partial charge >= 0.3 is 0 Å². The second-order valence-corrected chi connectivity index (χ2v) is 6.12. The largest absolute Gasteiger partial charge is 0.383 e. The van der Waals surface area contributed by atoms with Gasteiger partial charge in [-0.2, -0.15) is 5.26 Å². The third kappa shape index (κ3) is 3.04. The van der Waals surface area contributed by atoms with Gasteiger partial charge in [0.05, 0.1) is 17.9 Å². The van der Waals surface area contributed by atoms with Crippen molar-refractivity contribution in [1.82, 2.24) is 5.32 Å². The molecule has 0 spiro atoms. The summed E-state index contributed by atoms with van der Waals surface area (Å²) in [5.41, 5.74) is 3.11. The van der Waals surface area contributed by atoms with Gasteiger partial charge in [0.25, 0.3) is 0 Å². The third-order valence-corrected chi connectivity index (χ3v) is 4.71. The maximum Gasteiger partial charge on any atom is 0.101 e. The Labute approximate surface area is 126 Å². The summed E-state index contributed by atoms with van der Waals surface area (Å²) in [5, 5.41) is 12.8. The van der Waals surface area contributed by atoms with Crippen molar-refractivity contribution in [1.29, 1.82) is 5.26 Å². The molecule has 1 N–H and O–H groups in total. The van der Waals surface area contributed by atoms with E-state index in [0.717, 1.165) is 42.4 Å². The number of piperidine rings is 1. The van der Waals surface area contributed by atoms with Crippen LogP contribution in [0.4, 0.5) is 5.69 Å². The lowest BCUT2D eigenvalue weighted by Gasteiger charge is -2.30. The second kappa shape index (κ2) is 6.46. The van der Waals surface area contributed by atoms with Crippen LogP contribution in [0.25, 0.3) is 0 Å². The van der Waals surface area contributed by atoms with Gasteiger partial charge in [-0.15, -0.1) is 0 Å².